The van der Waals surface area contributed by atoms with Crippen molar-refractivity contribution in [1.82, 2.24) is 0 Å². The molecule has 0 aromatic heterocycles. The fourth-order valence-electron chi connectivity index (χ4n) is 4.45. The first kappa shape index (κ1) is 26.1. The van der Waals surface area contributed by atoms with Gasteiger partial charge in [-0.2, -0.15) is 13.2 Å². The lowest BCUT2D eigenvalue weighted by atomic mass is 9.91. The van der Waals surface area contributed by atoms with Gasteiger partial charge >= 0.3 is 6.18 Å². The highest BCUT2D eigenvalue weighted by molar-refractivity contribution is 5.98. The fourth-order valence-corrected chi connectivity index (χ4v) is 4.45. The number of ketones is 2. The normalized spacial score (nSPS) is 11.4. The summed E-state index contributed by atoms with van der Waals surface area (Å²) in [6, 6.07) is 24.2. The predicted octanol–water partition coefficient (Wildman–Crippen LogP) is 8.54. The number of carbonyl (C=O) groups is 2. The Morgan fingerprint density at radius 1 is 0.703 bits per heavy atom. The van der Waals surface area contributed by atoms with E-state index in [-0.39, 0.29) is 23.6 Å². The van der Waals surface area contributed by atoms with Crippen LogP contribution in [-0.4, -0.2) is 11.6 Å². The Hall–Kier alpha value is -3.99. The standard InChI is InChI=1S/C32H27F3O2/c1-4-22-5-16-29(30(18-22)32(33,34)35)28-15-6-23(17-20(28)2)19-31(37)27-13-11-26(12-14-27)25-9-7-24(8-10-25)21(3)36/h5-18H,4,19H2,1-3H3. The lowest BCUT2D eigenvalue weighted by Crippen LogP contribution is -2.09. The smallest absolute Gasteiger partial charge is 0.295 e. The number of Topliss-reactive ketones (excluding diaryl/α,β-unsaturated/α-hetero) is 2. The van der Waals surface area contributed by atoms with E-state index in [0.717, 1.165) is 16.7 Å². The zero-order valence-corrected chi connectivity index (χ0v) is 20.9. The molecular formula is C32H27F3O2. The number of alkyl halides is 3. The van der Waals surface area contributed by atoms with E-state index in [9.17, 15) is 22.8 Å². The molecule has 0 spiro atoms. The van der Waals surface area contributed by atoms with Crippen LogP contribution in [0.5, 0.6) is 0 Å². The number of aryl methyl sites for hydroxylation is 2. The molecule has 37 heavy (non-hydrogen) atoms. The second kappa shape index (κ2) is 10.6. The van der Waals surface area contributed by atoms with Gasteiger partial charge in [0.25, 0.3) is 0 Å². The Balaban J connectivity index is 1.53. The van der Waals surface area contributed by atoms with Crippen molar-refractivity contribution in [1.29, 1.82) is 0 Å². The molecule has 2 nitrogen and oxygen atoms in total. The van der Waals surface area contributed by atoms with E-state index >= 15 is 0 Å². The summed E-state index contributed by atoms with van der Waals surface area (Å²) in [6.07, 6.45) is -3.78. The van der Waals surface area contributed by atoms with Crippen molar-refractivity contribution in [2.45, 2.75) is 39.8 Å². The van der Waals surface area contributed by atoms with Crippen molar-refractivity contribution in [3.63, 3.8) is 0 Å². The minimum Gasteiger partial charge on any atom is -0.295 e. The van der Waals surface area contributed by atoms with Gasteiger partial charge < -0.3 is 0 Å². The molecule has 0 fully saturated rings. The number of halogens is 3. The molecule has 0 amide bonds. The highest BCUT2D eigenvalue weighted by Crippen LogP contribution is 2.39. The molecule has 0 saturated carbocycles. The maximum atomic E-state index is 13.7. The summed E-state index contributed by atoms with van der Waals surface area (Å²) in [4.78, 5) is 24.4. The van der Waals surface area contributed by atoms with Crippen LogP contribution in [0.1, 0.15) is 56.8 Å². The van der Waals surface area contributed by atoms with E-state index in [0.29, 0.717) is 34.2 Å². The number of carbonyl (C=O) groups excluding carboxylic acids is 2. The summed E-state index contributed by atoms with van der Waals surface area (Å²) in [5.74, 6) is -0.0696. The van der Waals surface area contributed by atoms with Gasteiger partial charge in [0, 0.05) is 17.5 Å². The van der Waals surface area contributed by atoms with E-state index in [1.54, 1.807) is 55.5 Å². The average molecular weight is 501 g/mol. The van der Waals surface area contributed by atoms with Gasteiger partial charge in [-0.15, -0.1) is 0 Å². The third-order valence-corrected chi connectivity index (χ3v) is 6.57. The molecule has 0 aliphatic heterocycles. The second-order valence-electron chi connectivity index (χ2n) is 9.19. The Morgan fingerprint density at radius 3 is 1.76 bits per heavy atom. The lowest BCUT2D eigenvalue weighted by molar-refractivity contribution is -0.137. The summed E-state index contributed by atoms with van der Waals surface area (Å²) >= 11 is 0. The van der Waals surface area contributed by atoms with Crippen molar-refractivity contribution in [3.05, 3.63) is 118 Å². The first-order valence-electron chi connectivity index (χ1n) is 12.1. The van der Waals surface area contributed by atoms with Gasteiger partial charge in [0.2, 0.25) is 0 Å². The molecule has 0 atom stereocenters. The Bertz CT molecular complexity index is 1450. The van der Waals surface area contributed by atoms with Crippen LogP contribution >= 0.6 is 0 Å². The molecule has 0 unspecified atom stereocenters. The van der Waals surface area contributed by atoms with E-state index < -0.39 is 11.7 Å². The zero-order chi connectivity index (χ0) is 26.7. The molecule has 0 radical (unpaired) electrons. The predicted molar refractivity (Wildman–Crippen MR) is 141 cm³/mol. The van der Waals surface area contributed by atoms with E-state index in [4.69, 9.17) is 0 Å². The first-order valence-corrected chi connectivity index (χ1v) is 12.1. The van der Waals surface area contributed by atoms with Crippen LogP contribution in [0.15, 0.2) is 84.9 Å². The molecule has 0 N–H and O–H groups in total. The topological polar surface area (TPSA) is 34.1 Å². The van der Waals surface area contributed by atoms with Crippen molar-refractivity contribution in [3.8, 4) is 22.3 Å². The number of rotatable bonds is 7. The van der Waals surface area contributed by atoms with Crippen molar-refractivity contribution in [2.24, 2.45) is 0 Å². The molecule has 0 heterocycles. The van der Waals surface area contributed by atoms with E-state index in [2.05, 4.69) is 0 Å². The van der Waals surface area contributed by atoms with E-state index in [1.165, 1.54) is 19.1 Å². The van der Waals surface area contributed by atoms with Crippen LogP contribution in [0.4, 0.5) is 13.2 Å². The largest absolute Gasteiger partial charge is 0.417 e. The van der Waals surface area contributed by atoms with Crippen molar-refractivity contribution < 1.29 is 22.8 Å². The van der Waals surface area contributed by atoms with Crippen LogP contribution in [0.3, 0.4) is 0 Å². The van der Waals surface area contributed by atoms with Crippen LogP contribution < -0.4 is 0 Å². The summed E-state index contributed by atoms with van der Waals surface area (Å²) < 4.78 is 41.2. The minimum absolute atomic E-state index is 0.00551. The summed E-state index contributed by atoms with van der Waals surface area (Å²) in [5.41, 5.74) is 5.15. The minimum atomic E-state index is -4.46. The van der Waals surface area contributed by atoms with E-state index in [1.807, 2.05) is 31.2 Å². The van der Waals surface area contributed by atoms with Gasteiger partial charge in [-0.1, -0.05) is 85.8 Å². The fraction of sp³-hybridized carbons (Fsp3) is 0.188. The van der Waals surface area contributed by atoms with Crippen LogP contribution in [0.25, 0.3) is 22.3 Å². The van der Waals surface area contributed by atoms with Gasteiger partial charge in [-0.25, -0.2) is 0 Å². The number of hydrogen-bond acceptors (Lipinski definition) is 2. The monoisotopic (exact) mass is 500 g/mol. The quantitative estimate of drug-likeness (QED) is 0.238. The first-order chi connectivity index (χ1) is 17.6. The maximum absolute atomic E-state index is 13.7. The van der Waals surface area contributed by atoms with Crippen LogP contribution in [0, 0.1) is 6.92 Å². The van der Waals surface area contributed by atoms with Gasteiger partial charge in [-0.3, -0.25) is 9.59 Å². The van der Waals surface area contributed by atoms with Gasteiger partial charge in [0.05, 0.1) is 5.56 Å². The molecule has 0 aliphatic carbocycles. The van der Waals surface area contributed by atoms with Crippen LogP contribution in [-0.2, 0) is 19.0 Å². The molecule has 188 valence electrons. The summed E-state index contributed by atoms with van der Waals surface area (Å²) in [7, 11) is 0. The van der Waals surface area contributed by atoms with Gasteiger partial charge in [0.15, 0.2) is 11.6 Å². The average Bonchev–Trinajstić information content (AvgIpc) is 2.88. The molecule has 0 bridgehead atoms. The van der Waals surface area contributed by atoms with Gasteiger partial charge in [-0.05, 0) is 65.3 Å². The molecule has 0 aliphatic rings. The highest BCUT2D eigenvalue weighted by atomic mass is 19.4. The molecule has 4 aromatic carbocycles. The SMILES string of the molecule is CCc1ccc(-c2ccc(CC(=O)c3ccc(-c4ccc(C(C)=O)cc4)cc3)cc2C)c(C(F)(F)F)c1. The highest BCUT2D eigenvalue weighted by Gasteiger charge is 2.34. The Labute approximate surface area is 214 Å². The third kappa shape index (κ3) is 5.88. The Kier molecular flexibility index (Phi) is 7.44. The molecule has 4 aromatic rings. The lowest BCUT2D eigenvalue weighted by Gasteiger charge is -2.17. The molecular weight excluding hydrogens is 473 g/mol. The molecule has 5 heteroatoms. The van der Waals surface area contributed by atoms with Crippen LogP contribution in [0.2, 0.25) is 0 Å². The van der Waals surface area contributed by atoms with Gasteiger partial charge in [0.1, 0.15) is 0 Å². The third-order valence-electron chi connectivity index (χ3n) is 6.57. The zero-order valence-electron chi connectivity index (χ0n) is 20.9. The number of benzene rings is 4. The van der Waals surface area contributed by atoms with Crippen molar-refractivity contribution >= 4 is 11.6 Å². The summed E-state index contributed by atoms with van der Waals surface area (Å²) in [6.45, 7) is 5.11. The summed E-state index contributed by atoms with van der Waals surface area (Å²) in [5, 5.41) is 0. The maximum Gasteiger partial charge on any atom is 0.417 e. The second-order valence-corrected chi connectivity index (χ2v) is 9.19. The van der Waals surface area contributed by atoms with Crippen molar-refractivity contribution in [2.75, 3.05) is 0 Å². The Morgan fingerprint density at radius 2 is 1.24 bits per heavy atom. The number of hydrogen-bond donors (Lipinski definition) is 0. The molecule has 4 rings (SSSR count). The molecule has 0 saturated heterocycles.